The maximum atomic E-state index is 12.8. The Kier molecular flexibility index (Phi) is 48.1. The van der Waals surface area contributed by atoms with E-state index in [0.29, 0.717) is 19.3 Å². The van der Waals surface area contributed by atoms with Crippen LogP contribution in [0.25, 0.3) is 0 Å². The second-order valence-electron chi connectivity index (χ2n) is 16.4. The molecule has 0 spiro atoms. The van der Waals surface area contributed by atoms with Crippen molar-refractivity contribution in [2.75, 3.05) is 13.2 Å². The largest absolute Gasteiger partial charge is 0.462 e. The molecule has 0 fully saturated rings. The van der Waals surface area contributed by atoms with Gasteiger partial charge in [-0.1, -0.05) is 226 Å². The molecule has 6 nitrogen and oxygen atoms in total. The summed E-state index contributed by atoms with van der Waals surface area (Å²) in [6, 6.07) is 0. The molecule has 0 aromatic heterocycles. The molecule has 1 atom stereocenters. The van der Waals surface area contributed by atoms with E-state index in [9.17, 15) is 14.4 Å². The van der Waals surface area contributed by atoms with Gasteiger partial charge in [-0.05, 0) is 83.5 Å². The third-order valence-electron chi connectivity index (χ3n) is 10.3. The van der Waals surface area contributed by atoms with Crippen LogP contribution in [0.4, 0.5) is 0 Å². The molecule has 0 aliphatic heterocycles. The molecule has 360 valence electrons. The zero-order chi connectivity index (χ0) is 46.5. The number of hydrogen-bond acceptors (Lipinski definition) is 6. The summed E-state index contributed by atoms with van der Waals surface area (Å²) in [4.78, 5) is 38.0. The maximum absolute atomic E-state index is 12.8. The van der Waals surface area contributed by atoms with Gasteiger partial charge in [0.25, 0.3) is 0 Å². The van der Waals surface area contributed by atoms with Gasteiger partial charge in [-0.15, -0.1) is 0 Å². The predicted molar refractivity (Wildman–Crippen MR) is 274 cm³/mol. The van der Waals surface area contributed by atoms with Crippen LogP contribution in [0.15, 0.2) is 122 Å². The third kappa shape index (κ3) is 48.8. The Labute approximate surface area is 392 Å². The highest BCUT2D eigenvalue weighted by Crippen LogP contribution is 2.14. The molecular formula is C58H92O6. The summed E-state index contributed by atoms with van der Waals surface area (Å²) in [7, 11) is 0. The first-order valence-corrected chi connectivity index (χ1v) is 25.6. The number of esters is 3. The predicted octanol–water partition coefficient (Wildman–Crippen LogP) is 16.9. The molecule has 0 radical (unpaired) electrons. The average Bonchev–Trinajstić information content (AvgIpc) is 3.29. The third-order valence-corrected chi connectivity index (χ3v) is 10.3. The highest BCUT2D eigenvalue weighted by atomic mass is 16.6. The van der Waals surface area contributed by atoms with Crippen LogP contribution in [-0.4, -0.2) is 37.2 Å². The number of carbonyl (C=O) groups is 3. The minimum absolute atomic E-state index is 0.108. The molecule has 0 heterocycles. The Morgan fingerprint density at radius 2 is 0.688 bits per heavy atom. The van der Waals surface area contributed by atoms with Gasteiger partial charge in [0.2, 0.25) is 0 Å². The van der Waals surface area contributed by atoms with Crippen molar-refractivity contribution in [1.29, 1.82) is 0 Å². The number of unbranched alkanes of at least 4 members (excludes halogenated alkanes) is 17. The maximum Gasteiger partial charge on any atom is 0.306 e. The molecule has 1 unspecified atom stereocenters. The second-order valence-corrected chi connectivity index (χ2v) is 16.4. The lowest BCUT2D eigenvalue weighted by molar-refractivity contribution is -0.167. The van der Waals surface area contributed by atoms with Crippen LogP contribution in [-0.2, 0) is 28.6 Å². The fourth-order valence-corrected chi connectivity index (χ4v) is 6.55. The van der Waals surface area contributed by atoms with Crippen molar-refractivity contribution in [3.8, 4) is 0 Å². The van der Waals surface area contributed by atoms with Gasteiger partial charge in [-0.2, -0.15) is 0 Å². The summed E-state index contributed by atoms with van der Waals surface area (Å²) in [5, 5.41) is 0. The molecule has 0 aliphatic carbocycles. The van der Waals surface area contributed by atoms with Gasteiger partial charge in [0.1, 0.15) is 13.2 Å². The van der Waals surface area contributed by atoms with E-state index in [1.807, 2.05) is 48.6 Å². The molecule has 0 saturated heterocycles. The van der Waals surface area contributed by atoms with E-state index in [0.717, 1.165) is 103 Å². The van der Waals surface area contributed by atoms with E-state index >= 15 is 0 Å². The van der Waals surface area contributed by atoms with Crippen molar-refractivity contribution in [3.63, 3.8) is 0 Å². The van der Waals surface area contributed by atoms with E-state index < -0.39 is 6.10 Å². The van der Waals surface area contributed by atoms with Gasteiger partial charge in [-0.3, -0.25) is 14.4 Å². The summed E-state index contributed by atoms with van der Waals surface area (Å²) < 4.78 is 16.7. The lowest BCUT2D eigenvalue weighted by Crippen LogP contribution is -2.30. The van der Waals surface area contributed by atoms with Gasteiger partial charge in [0.05, 0.1) is 0 Å². The average molecular weight is 885 g/mol. The van der Waals surface area contributed by atoms with Crippen LogP contribution < -0.4 is 0 Å². The standard InChI is InChI=1S/C58H92O6/c1-4-7-10-13-16-19-22-25-27-28-29-30-32-33-36-39-42-45-48-51-57(60)63-54-55(53-62-56(59)50-47-44-41-38-35-24-21-18-15-12-9-6-3)64-58(61)52-49-46-43-40-37-34-31-26-23-20-17-14-11-8-5-2/h7-8,10-11,14,16-17,19-20,23,25-27,29-31,33-34,36-37,55H,4-6,9,12-13,15,18,21-22,24,28,32,35,38-54H2,1-3H3/b10-7-,11-8-,17-14-,19-16-,23-20-,27-25-,30-29-,31-26-,36-33-,37-34-. The minimum Gasteiger partial charge on any atom is -0.462 e. The zero-order valence-electron chi connectivity index (χ0n) is 41.0. The molecule has 64 heavy (non-hydrogen) atoms. The Bertz CT molecular complexity index is 1390. The highest BCUT2D eigenvalue weighted by Gasteiger charge is 2.19. The van der Waals surface area contributed by atoms with Crippen LogP contribution in [0, 0.1) is 0 Å². The number of allylic oxidation sites excluding steroid dienone is 20. The number of rotatable bonds is 44. The van der Waals surface area contributed by atoms with Gasteiger partial charge in [0.15, 0.2) is 6.10 Å². The molecule has 0 aromatic rings. The fraction of sp³-hybridized carbons (Fsp3) is 0.603. The highest BCUT2D eigenvalue weighted by molar-refractivity contribution is 5.71. The Morgan fingerprint density at radius 3 is 1.14 bits per heavy atom. The Morgan fingerprint density at radius 1 is 0.344 bits per heavy atom. The molecule has 0 bridgehead atoms. The van der Waals surface area contributed by atoms with E-state index in [-0.39, 0.29) is 37.5 Å². The van der Waals surface area contributed by atoms with E-state index in [1.54, 1.807) is 0 Å². The summed E-state index contributed by atoms with van der Waals surface area (Å²) in [6.07, 6.45) is 70.3. The van der Waals surface area contributed by atoms with Gasteiger partial charge >= 0.3 is 17.9 Å². The topological polar surface area (TPSA) is 78.9 Å². The number of ether oxygens (including phenoxy) is 3. The second kappa shape index (κ2) is 51.4. The molecule has 0 N–H and O–H groups in total. The molecule has 0 saturated carbocycles. The lowest BCUT2D eigenvalue weighted by atomic mass is 10.0. The molecular weight excluding hydrogens is 793 g/mol. The summed E-state index contributed by atoms with van der Waals surface area (Å²) in [5.41, 5.74) is 0. The van der Waals surface area contributed by atoms with Gasteiger partial charge < -0.3 is 14.2 Å². The van der Waals surface area contributed by atoms with Crippen LogP contribution in [0.3, 0.4) is 0 Å². The van der Waals surface area contributed by atoms with Crippen molar-refractivity contribution >= 4 is 17.9 Å². The van der Waals surface area contributed by atoms with E-state index in [1.165, 1.54) is 57.8 Å². The zero-order valence-corrected chi connectivity index (χ0v) is 41.0. The van der Waals surface area contributed by atoms with Crippen molar-refractivity contribution in [1.82, 2.24) is 0 Å². The van der Waals surface area contributed by atoms with Crippen molar-refractivity contribution in [2.24, 2.45) is 0 Å². The van der Waals surface area contributed by atoms with Gasteiger partial charge in [0, 0.05) is 19.3 Å². The van der Waals surface area contributed by atoms with Crippen LogP contribution in [0.1, 0.15) is 207 Å². The van der Waals surface area contributed by atoms with Crippen molar-refractivity contribution < 1.29 is 28.6 Å². The minimum atomic E-state index is -0.815. The van der Waals surface area contributed by atoms with Gasteiger partial charge in [-0.25, -0.2) is 0 Å². The summed E-state index contributed by atoms with van der Waals surface area (Å²) >= 11 is 0. The normalized spacial score (nSPS) is 13.1. The summed E-state index contributed by atoms with van der Waals surface area (Å²) in [6.45, 7) is 6.29. The van der Waals surface area contributed by atoms with Crippen molar-refractivity contribution in [2.45, 2.75) is 213 Å². The first-order chi connectivity index (χ1) is 31.5. The molecule has 6 heteroatoms. The van der Waals surface area contributed by atoms with E-state index in [4.69, 9.17) is 14.2 Å². The van der Waals surface area contributed by atoms with Crippen LogP contribution in [0.2, 0.25) is 0 Å². The first kappa shape index (κ1) is 59.8. The number of hydrogen-bond donors (Lipinski definition) is 0. The molecule has 0 aliphatic rings. The SMILES string of the molecule is CC\C=C/C=C\C=C/C=C\C=C/CCCCCC(=O)OC(COC(=O)CCCCC/C=C\C/C=C\C/C=C\C/C=C\C/C=C\CC)COC(=O)CCCCCCCCCCCCCC. The Balaban J connectivity index is 4.53. The fourth-order valence-electron chi connectivity index (χ4n) is 6.55. The Hall–Kier alpha value is -4.19. The van der Waals surface area contributed by atoms with Crippen molar-refractivity contribution in [3.05, 3.63) is 122 Å². The molecule has 0 amide bonds. The monoisotopic (exact) mass is 885 g/mol. The lowest BCUT2D eigenvalue weighted by Gasteiger charge is -2.18. The smallest absolute Gasteiger partial charge is 0.306 e. The van der Waals surface area contributed by atoms with Crippen LogP contribution in [0.5, 0.6) is 0 Å². The van der Waals surface area contributed by atoms with E-state index in [2.05, 4.69) is 93.7 Å². The number of carbonyl (C=O) groups excluding carboxylic acids is 3. The molecule has 0 rings (SSSR count). The summed E-state index contributed by atoms with van der Waals surface area (Å²) in [5.74, 6) is -0.991. The first-order valence-electron chi connectivity index (χ1n) is 25.6. The van der Waals surface area contributed by atoms with Crippen LogP contribution >= 0.6 is 0 Å². The quantitative estimate of drug-likeness (QED) is 0.0199. The molecule has 0 aromatic carbocycles.